The first-order chi connectivity index (χ1) is 25.1. The smallest absolute Gasteiger partial charge is 0.0540 e. The van der Waals surface area contributed by atoms with Crippen molar-refractivity contribution in [2.45, 2.75) is 19.3 Å². The lowest BCUT2D eigenvalue weighted by molar-refractivity contribution is 0.661. The third kappa shape index (κ3) is 4.60. The maximum absolute atomic E-state index is 2.51. The number of anilines is 3. The number of hydrogen-bond donors (Lipinski definition) is 0. The summed E-state index contributed by atoms with van der Waals surface area (Å²) >= 11 is 1.89. The maximum Gasteiger partial charge on any atom is 0.0540 e. The van der Waals surface area contributed by atoms with Crippen molar-refractivity contribution in [3.63, 3.8) is 0 Å². The molecule has 8 aromatic carbocycles. The molecule has 0 amide bonds. The minimum absolute atomic E-state index is 0.176. The van der Waals surface area contributed by atoms with E-state index in [0.717, 1.165) is 5.69 Å². The molecule has 0 atom stereocenters. The first-order valence-corrected chi connectivity index (χ1v) is 18.5. The predicted octanol–water partition coefficient (Wildman–Crippen LogP) is 14.3. The van der Waals surface area contributed by atoms with Gasteiger partial charge in [-0.05, 0) is 74.5 Å². The Morgan fingerprint density at radius 1 is 0.431 bits per heavy atom. The molecule has 0 N–H and O–H groups in total. The zero-order chi connectivity index (χ0) is 34.1. The summed E-state index contributed by atoms with van der Waals surface area (Å²) in [6, 6.07) is 64.8. The van der Waals surface area contributed by atoms with E-state index in [1.165, 1.54) is 86.8 Å². The summed E-state index contributed by atoms with van der Waals surface area (Å²) in [5, 5.41) is 5.16. The fraction of sp³-hybridized carbons (Fsp3) is 0.0612. The van der Waals surface area contributed by atoms with Crippen LogP contribution in [0.4, 0.5) is 17.1 Å². The Hall–Kier alpha value is -5.96. The van der Waals surface area contributed by atoms with Crippen LogP contribution in [0, 0.1) is 0 Å². The molecule has 1 aliphatic carbocycles. The topological polar surface area (TPSA) is 3.24 Å². The van der Waals surface area contributed by atoms with Crippen molar-refractivity contribution in [1.29, 1.82) is 0 Å². The normalized spacial score (nSPS) is 13.1. The van der Waals surface area contributed by atoms with E-state index in [0.29, 0.717) is 0 Å². The van der Waals surface area contributed by atoms with Gasteiger partial charge in [0.25, 0.3) is 0 Å². The van der Waals surface area contributed by atoms with Crippen LogP contribution in [0.15, 0.2) is 176 Å². The molecule has 0 radical (unpaired) electrons. The van der Waals surface area contributed by atoms with E-state index in [2.05, 4.69) is 195 Å². The van der Waals surface area contributed by atoms with Crippen molar-refractivity contribution >= 4 is 59.3 Å². The molecular weight excluding hydrogens is 635 g/mol. The number of fused-ring (bicyclic) bond motifs is 7. The number of benzene rings is 8. The molecule has 10 rings (SSSR count). The van der Waals surface area contributed by atoms with Crippen molar-refractivity contribution in [2.24, 2.45) is 0 Å². The van der Waals surface area contributed by atoms with Crippen LogP contribution in [0.2, 0.25) is 0 Å². The quantitative estimate of drug-likeness (QED) is 0.176. The summed E-state index contributed by atoms with van der Waals surface area (Å²) < 4.78 is 2.64. The Bertz CT molecular complexity index is 2780. The third-order valence-electron chi connectivity index (χ3n) is 10.9. The number of rotatable bonds is 5. The van der Waals surface area contributed by atoms with Gasteiger partial charge in [0.15, 0.2) is 0 Å². The van der Waals surface area contributed by atoms with E-state index in [-0.39, 0.29) is 5.41 Å². The summed E-state index contributed by atoms with van der Waals surface area (Å²) in [6.07, 6.45) is 0. The summed E-state index contributed by atoms with van der Waals surface area (Å²) in [7, 11) is 0. The van der Waals surface area contributed by atoms with E-state index in [1.54, 1.807) is 0 Å². The van der Waals surface area contributed by atoms with Gasteiger partial charge >= 0.3 is 0 Å². The average molecular weight is 670 g/mol. The zero-order valence-corrected chi connectivity index (χ0v) is 29.4. The van der Waals surface area contributed by atoms with Gasteiger partial charge in [-0.3, -0.25) is 0 Å². The van der Waals surface area contributed by atoms with Crippen LogP contribution in [0.5, 0.6) is 0 Å². The number of nitrogens with zero attached hydrogens (tertiary/aromatic N) is 1. The summed E-state index contributed by atoms with van der Waals surface area (Å²) in [4.78, 5) is 2.51. The molecule has 0 aliphatic heterocycles. The molecule has 51 heavy (non-hydrogen) atoms. The van der Waals surface area contributed by atoms with Gasteiger partial charge in [-0.1, -0.05) is 159 Å². The SMILES string of the molecule is CC1(C)c2ccccc2-c2cccc(N(c3ccc(-c4cccc5ccccc45)cc3)c3ccccc3-c3cccc4c3sc3ccccc34)c21. The standard InChI is InChI=1S/C49H35NS/c1-49(2)43-24-8-5-17-37(43)40-21-13-26-45(47(40)49)50(34-30-28-33(29-31-34)36-20-11-15-32-14-3-4-16-35(32)36)44-25-9-6-18-38(44)41-22-12-23-42-39-19-7-10-27-46(39)51-48(41)42/h3-31H,1-2H3. The van der Waals surface area contributed by atoms with Gasteiger partial charge in [-0.2, -0.15) is 0 Å². The maximum atomic E-state index is 2.51. The minimum atomic E-state index is -0.176. The highest BCUT2D eigenvalue weighted by Gasteiger charge is 2.39. The highest BCUT2D eigenvalue weighted by molar-refractivity contribution is 7.26. The highest BCUT2D eigenvalue weighted by atomic mass is 32.1. The molecular formula is C49H35NS. The molecule has 1 nitrogen and oxygen atoms in total. The van der Waals surface area contributed by atoms with Crippen LogP contribution < -0.4 is 4.90 Å². The van der Waals surface area contributed by atoms with Crippen molar-refractivity contribution in [3.05, 3.63) is 187 Å². The van der Waals surface area contributed by atoms with Crippen molar-refractivity contribution in [1.82, 2.24) is 0 Å². The van der Waals surface area contributed by atoms with Gasteiger partial charge in [-0.25, -0.2) is 0 Å². The fourth-order valence-electron chi connectivity index (χ4n) is 8.54. The zero-order valence-electron chi connectivity index (χ0n) is 28.6. The Kier molecular flexibility index (Phi) is 6.78. The van der Waals surface area contributed by atoms with Gasteiger partial charge in [0.1, 0.15) is 0 Å². The summed E-state index contributed by atoms with van der Waals surface area (Å²) in [5.74, 6) is 0. The molecule has 0 unspecified atom stereocenters. The second-order valence-corrected chi connectivity index (χ2v) is 15.1. The van der Waals surface area contributed by atoms with E-state index in [1.807, 2.05) is 11.3 Å². The van der Waals surface area contributed by atoms with Gasteiger partial charge in [-0.15, -0.1) is 11.3 Å². The first kappa shape index (κ1) is 29.9. The second-order valence-electron chi connectivity index (χ2n) is 14.1. The van der Waals surface area contributed by atoms with E-state index in [4.69, 9.17) is 0 Å². The molecule has 9 aromatic rings. The van der Waals surface area contributed by atoms with Gasteiger partial charge < -0.3 is 4.90 Å². The van der Waals surface area contributed by atoms with Gasteiger partial charge in [0.05, 0.1) is 11.4 Å². The Balaban J connectivity index is 1.22. The fourth-order valence-corrected chi connectivity index (χ4v) is 9.77. The predicted molar refractivity (Wildman–Crippen MR) is 220 cm³/mol. The lowest BCUT2D eigenvalue weighted by atomic mass is 9.81. The van der Waals surface area contributed by atoms with Crippen LogP contribution in [-0.4, -0.2) is 0 Å². The second kappa shape index (κ2) is 11.6. The van der Waals surface area contributed by atoms with Gasteiger partial charge in [0, 0.05) is 42.4 Å². The van der Waals surface area contributed by atoms with Crippen LogP contribution in [0.3, 0.4) is 0 Å². The molecule has 2 heteroatoms. The molecule has 0 bridgehead atoms. The highest BCUT2D eigenvalue weighted by Crippen LogP contribution is 2.55. The van der Waals surface area contributed by atoms with Crippen molar-refractivity contribution < 1.29 is 0 Å². The number of para-hydroxylation sites is 1. The van der Waals surface area contributed by atoms with Crippen molar-refractivity contribution in [3.8, 4) is 33.4 Å². The number of thiophene rings is 1. The Morgan fingerprint density at radius 3 is 1.90 bits per heavy atom. The van der Waals surface area contributed by atoms with E-state index < -0.39 is 0 Å². The molecule has 242 valence electrons. The summed E-state index contributed by atoms with van der Waals surface area (Å²) in [5.41, 5.74) is 13.7. The molecule has 0 spiro atoms. The number of hydrogen-bond acceptors (Lipinski definition) is 2. The molecule has 1 aromatic heterocycles. The molecule has 0 saturated carbocycles. The van der Waals surface area contributed by atoms with E-state index in [9.17, 15) is 0 Å². The Morgan fingerprint density at radius 2 is 1.02 bits per heavy atom. The van der Waals surface area contributed by atoms with Gasteiger partial charge in [0.2, 0.25) is 0 Å². The van der Waals surface area contributed by atoms with Crippen LogP contribution in [-0.2, 0) is 5.41 Å². The Labute approximate surface area is 302 Å². The van der Waals surface area contributed by atoms with Crippen LogP contribution in [0.1, 0.15) is 25.0 Å². The molecule has 1 aliphatic rings. The van der Waals surface area contributed by atoms with Crippen molar-refractivity contribution in [2.75, 3.05) is 4.90 Å². The molecule has 0 saturated heterocycles. The lowest BCUT2D eigenvalue weighted by Gasteiger charge is -2.33. The minimum Gasteiger partial charge on any atom is -0.310 e. The third-order valence-corrected chi connectivity index (χ3v) is 12.1. The molecule has 1 heterocycles. The largest absolute Gasteiger partial charge is 0.310 e. The van der Waals surface area contributed by atoms with Crippen LogP contribution in [0.25, 0.3) is 64.3 Å². The summed E-state index contributed by atoms with van der Waals surface area (Å²) in [6.45, 7) is 4.76. The van der Waals surface area contributed by atoms with E-state index >= 15 is 0 Å². The monoisotopic (exact) mass is 669 g/mol. The molecule has 0 fully saturated rings. The lowest BCUT2D eigenvalue weighted by Crippen LogP contribution is -2.21. The first-order valence-electron chi connectivity index (χ1n) is 17.7. The average Bonchev–Trinajstić information content (AvgIpc) is 3.68. The van der Waals surface area contributed by atoms with Crippen LogP contribution >= 0.6 is 11.3 Å².